The molecule has 0 bridgehead atoms. The van der Waals surface area contributed by atoms with E-state index >= 15 is 0 Å². The molecule has 0 aliphatic rings. The number of hydrogen-bond donors (Lipinski definition) is 3. The van der Waals surface area contributed by atoms with Gasteiger partial charge in [-0.05, 0) is 53.9 Å². The Bertz CT molecular complexity index is 1620. The minimum Gasteiger partial charge on any atom is -0.505 e. The summed E-state index contributed by atoms with van der Waals surface area (Å²) in [5, 5.41) is 40.6. The molecule has 0 saturated heterocycles. The van der Waals surface area contributed by atoms with Crippen LogP contribution in [0.1, 0.15) is 29.3 Å². The summed E-state index contributed by atoms with van der Waals surface area (Å²) in [5.41, 5.74) is 4.64. The van der Waals surface area contributed by atoms with Gasteiger partial charge in [0.15, 0.2) is 11.4 Å². The normalized spacial score (nSPS) is 11.4. The lowest BCUT2D eigenvalue weighted by Crippen LogP contribution is -1.94. The number of aromatic nitrogens is 1. The Kier molecular flexibility index (Phi) is 6.43. The molecule has 0 amide bonds. The van der Waals surface area contributed by atoms with E-state index in [1.165, 1.54) is 17.7 Å². The number of nitrogens with zero attached hydrogens (tertiary/aromatic N) is 3. The van der Waals surface area contributed by atoms with Gasteiger partial charge < -0.3 is 15.3 Å². The van der Waals surface area contributed by atoms with E-state index in [4.69, 9.17) is 5.11 Å². The van der Waals surface area contributed by atoms with Crippen LogP contribution in [0.2, 0.25) is 0 Å². The molecule has 7 heteroatoms. The maximum absolute atomic E-state index is 11.2. The van der Waals surface area contributed by atoms with Gasteiger partial charge in [0.05, 0.1) is 11.1 Å². The molecule has 184 valence electrons. The fraction of sp³-hybridized carbons (Fsp3) is 0.100. The molecule has 0 aliphatic heterocycles. The molecule has 0 aliphatic carbocycles. The summed E-state index contributed by atoms with van der Waals surface area (Å²) in [7, 11) is 0. The summed E-state index contributed by atoms with van der Waals surface area (Å²) in [6.07, 6.45) is 2.05. The van der Waals surface area contributed by atoms with E-state index in [-0.39, 0.29) is 22.9 Å². The van der Waals surface area contributed by atoms with Crippen LogP contribution < -0.4 is 0 Å². The molecule has 0 radical (unpaired) electrons. The summed E-state index contributed by atoms with van der Waals surface area (Å²) in [6, 6.07) is 26.9. The highest BCUT2D eigenvalue weighted by Crippen LogP contribution is 2.43. The standard InChI is InChI=1S/C30H25N3O4/c1-2-6-19-11-17-22(18-12-19)33-26-10-4-3-7-24(26)27(29(33)35)32-31-25-9-5-8-23(28(25)34)20-13-15-21(16-14-20)30(36)37/h3-5,7-18,34-35H,2,6H2,1H3,(H,36,37). The van der Waals surface area contributed by atoms with E-state index in [2.05, 4.69) is 29.3 Å². The van der Waals surface area contributed by atoms with Gasteiger partial charge in [0.1, 0.15) is 5.69 Å². The highest BCUT2D eigenvalue weighted by Gasteiger charge is 2.18. The second-order valence-electron chi connectivity index (χ2n) is 8.70. The van der Waals surface area contributed by atoms with Crippen LogP contribution in [-0.2, 0) is 6.42 Å². The van der Waals surface area contributed by atoms with E-state index in [1.807, 2.05) is 36.4 Å². The van der Waals surface area contributed by atoms with Crippen LogP contribution in [0.4, 0.5) is 11.4 Å². The maximum Gasteiger partial charge on any atom is 0.335 e. The fourth-order valence-electron chi connectivity index (χ4n) is 4.41. The van der Waals surface area contributed by atoms with Gasteiger partial charge >= 0.3 is 5.97 Å². The smallest absolute Gasteiger partial charge is 0.335 e. The third-order valence-corrected chi connectivity index (χ3v) is 6.27. The van der Waals surface area contributed by atoms with Gasteiger partial charge in [-0.1, -0.05) is 67.9 Å². The molecule has 0 saturated carbocycles. The number of phenolic OH excluding ortho intramolecular Hbond substituents is 1. The van der Waals surface area contributed by atoms with Crippen LogP contribution in [0.15, 0.2) is 101 Å². The van der Waals surface area contributed by atoms with E-state index in [9.17, 15) is 15.0 Å². The van der Waals surface area contributed by atoms with Crippen LogP contribution in [0.3, 0.4) is 0 Å². The van der Waals surface area contributed by atoms with Gasteiger partial charge in [-0.3, -0.25) is 4.57 Å². The SMILES string of the molecule is CCCc1ccc(-n2c(O)c(N=Nc3cccc(-c4ccc(C(=O)O)cc4)c3O)c3ccccc32)cc1. The number of fused-ring (bicyclic) bond motifs is 1. The minimum atomic E-state index is -1.02. The predicted octanol–water partition coefficient (Wildman–Crippen LogP) is 7.77. The first-order valence-electron chi connectivity index (χ1n) is 12.0. The van der Waals surface area contributed by atoms with Gasteiger partial charge in [0, 0.05) is 16.6 Å². The van der Waals surface area contributed by atoms with Crippen molar-refractivity contribution in [3.63, 3.8) is 0 Å². The molecule has 1 heterocycles. The predicted molar refractivity (Wildman–Crippen MR) is 144 cm³/mol. The van der Waals surface area contributed by atoms with Crippen molar-refractivity contribution in [1.82, 2.24) is 4.57 Å². The molecular weight excluding hydrogens is 466 g/mol. The minimum absolute atomic E-state index is 0.0481. The van der Waals surface area contributed by atoms with Crippen LogP contribution in [0.5, 0.6) is 11.6 Å². The number of hydrogen-bond acceptors (Lipinski definition) is 5. The first kappa shape index (κ1) is 23.8. The molecular formula is C30H25N3O4. The molecule has 7 nitrogen and oxygen atoms in total. The van der Waals surface area contributed by atoms with Crippen molar-refractivity contribution < 1.29 is 20.1 Å². The number of benzene rings is 4. The van der Waals surface area contributed by atoms with Gasteiger partial charge in [-0.15, -0.1) is 10.2 Å². The lowest BCUT2D eigenvalue weighted by atomic mass is 10.0. The number of aromatic carboxylic acids is 1. The van der Waals surface area contributed by atoms with Crippen LogP contribution >= 0.6 is 0 Å². The second kappa shape index (κ2) is 9.99. The first-order chi connectivity index (χ1) is 18.0. The zero-order chi connectivity index (χ0) is 25.9. The monoisotopic (exact) mass is 491 g/mol. The van der Waals surface area contributed by atoms with Crippen molar-refractivity contribution >= 4 is 28.2 Å². The topological polar surface area (TPSA) is 107 Å². The summed E-state index contributed by atoms with van der Waals surface area (Å²) >= 11 is 0. The van der Waals surface area contributed by atoms with Crippen LogP contribution in [0.25, 0.3) is 27.7 Å². The maximum atomic E-state index is 11.2. The molecule has 37 heavy (non-hydrogen) atoms. The number of aryl methyl sites for hydroxylation is 1. The van der Waals surface area contributed by atoms with Crippen LogP contribution in [0, 0.1) is 0 Å². The van der Waals surface area contributed by atoms with Gasteiger partial charge in [0.25, 0.3) is 0 Å². The third-order valence-electron chi connectivity index (χ3n) is 6.27. The second-order valence-corrected chi connectivity index (χ2v) is 8.70. The summed E-state index contributed by atoms with van der Waals surface area (Å²) in [5.74, 6) is -1.16. The number of carboxylic acids is 1. The molecule has 4 aromatic carbocycles. The van der Waals surface area contributed by atoms with Gasteiger partial charge in [-0.2, -0.15) is 0 Å². The number of carbonyl (C=O) groups is 1. The lowest BCUT2D eigenvalue weighted by Gasteiger charge is -2.08. The van der Waals surface area contributed by atoms with E-state index in [0.29, 0.717) is 16.8 Å². The first-order valence-corrected chi connectivity index (χ1v) is 12.0. The Morgan fingerprint density at radius 3 is 2.27 bits per heavy atom. The summed E-state index contributed by atoms with van der Waals surface area (Å²) in [6.45, 7) is 2.14. The summed E-state index contributed by atoms with van der Waals surface area (Å²) in [4.78, 5) is 11.1. The molecule has 5 rings (SSSR count). The Labute approximate surface area is 213 Å². The van der Waals surface area contributed by atoms with Crippen molar-refractivity contribution in [1.29, 1.82) is 0 Å². The Morgan fingerprint density at radius 2 is 1.57 bits per heavy atom. The molecule has 0 spiro atoms. The van der Waals surface area contributed by atoms with Crippen LogP contribution in [-0.4, -0.2) is 25.9 Å². The van der Waals surface area contributed by atoms with Crippen molar-refractivity contribution in [2.75, 3.05) is 0 Å². The Hall–Kier alpha value is -4.91. The third kappa shape index (κ3) is 4.54. The Balaban J connectivity index is 1.54. The number of carboxylic acid groups (broad SMARTS) is 1. The van der Waals surface area contributed by atoms with E-state index in [1.54, 1.807) is 34.9 Å². The van der Waals surface area contributed by atoms with Crippen molar-refractivity contribution in [2.24, 2.45) is 10.2 Å². The van der Waals surface area contributed by atoms with E-state index < -0.39 is 5.97 Å². The number of azo groups is 1. The van der Waals surface area contributed by atoms with Crippen molar-refractivity contribution in [3.8, 4) is 28.4 Å². The number of aromatic hydroxyl groups is 2. The molecule has 3 N–H and O–H groups in total. The quantitative estimate of drug-likeness (QED) is 0.202. The molecule has 5 aromatic rings. The molecule has 0 unspecified atom stereocenters. The zero-order valence-corrected chi connectivity index (χ0v) is 20.2. The highest BCUT2D eigenvalue weighted by molar-refractivity contribution is 5.96. The number of para-hydroxylation sites is 2. The van der Waals surface area contributed by atoms with Crippen molar-refractivity contribution in [2.45, 2.75) is 19.8 Å². The Morgan fingerprint density at radius 1 is 0.838 bits per heavy atom. The highest BCUT2D eigenvalue weighted by atomic mass is 16.4. The zero-order valence-electron chi connectivity index (χ0n) is 20.2. The fourth-order valence-corrected chi connectivity index (χ4v) is 4.41. The van der Waals surface area contributed by atoms with Gasteiger partial charge in [0.2, 0.25) is 5.88 Å². The van der Waals surface area contributed by atoms with Crippen molar-refractivity contribution in [3.05, 3.63) is 102 Å². The van der Waals surface area contributed by atoms with E-state index in [0.717, 1.165) is 29.4 Å². The lowest BCUT2D eigenvalue weighted by molar-refractivity contribution is 0.0697. The largest absolute Gasteiger partial charge is 0.505 e. The molecule has 0 atom stereocenters. The van der Waals surface area contributed by atoms with Gasteiger partial charge in [-0.25, -0.2) is 4.79 Å². The molecule has 1 aromatic heterocycles. The summed E-state index contributed by atoms with van der Waals surface area (Å²) < 4.78 is 1.74. The molecule has 0 fully saturated rings. The average Bonchev–Trinajstić information content (AvgIpc) is 3.20. The number of phenols is 1. The average molecular weight is 492 g/mol. The number of rotatable bonds is 7.